The zero-order valence-electron chi connectivity index (χ0n) is 14.5. The van der Waals surface area contributed by atoms with Gasteiger partial charge in [0.05, 0.1) is 11.4 Å². The van der Waals surface area contributed by atoms with Crippen molar-refractivity contribution in [3.63, 3.8) is 0 Å². The van der Waals surface area contributed by atoms with Gasteiger partial charge < -0.3 is 9.57 Å². The lowest BCUT2D eigenvalue weighted by atomic mass is 10.1. The third-order valence-corrected chi connectivity index (χ3v) is 4.83. The third kappa shape index (κ3) is 5.53. The topological polar surface area (TPSA) is 60.8 Å². The molecule has 27 heavy (non-hydrogen) atoms. The number of aromatic nitrogens is 1. The van der Waals surface area contributed by atoms with Gasteiger partial charge in [-0.15, -0.1) is 11.3 Å². The molecule has 1 aromatic carbocycles. The Balaban J connectivity index is 1.49. The highest BCUT2D eigenvalue weighted by Crippen LogP contribution is 2.32. The van der Waals surface area contributed by atoms with E-state index < -0.39 is 11.2 Å². The van der Waals surface area contributed by atoms with Gasteiger partial charge in [0.1, 0.15) is 12.4 Å². The summed E-state index contributed by atoms with van der Waals surface area (Å²) in [4.78, 5) is 20.2. The predicted molar refractivity (Wildman–Crippen MR) is 93.8 cm³/mol. The molecule has 0 atom stereocenters. The van der Waals surface area contributed by atoms with Gasteiger partial charge in [0.25, 0.3) is 0 Å². The molecule has 5 nitrogen and oxygen atoms in total. The van der Waals surface area contributed by atoms with E-state index in [0.717, 1.165) is 18.4 Å². The van der Waals surface area contributed by atoms with Crippen LogP contribution in [0.25, 0.3) is 0 Å². The summed E-state index contributed by atoms with van der Waals surface area (Å²) < 4.78 is 42.9. The molecule has 0 N–H and O–H groups in total. The van der Waals surface area contributed by atoms with Crippen molar-refractivity contribution >= 4 is 22.8 Å². The Bertz CT molecular complexity index is 827. The minimum Gasteiger partial charge on any atom is -0.486 e. The van der Waals surface area contributed by atoms with Crippen LogP contribution in [0.15, 0.2) is 34.8 Å². The van der Waals surface area contributed by atoms with Crippen molar-refractivity contribution in [3.8, 4) is 5.75 Å². The van der Waals surface area contributed by atoms with Crippen LogP contribution in [0, 0.1) is 5.92 Å². The fourth-order valence-electron chi connectivity index (χ4n) is 2.22. The van der Waals surface area contributed by atoms with Gasteiger partial charge in [0, 0.05) is 11.3 Å². The molecule has 1 aliphatic carbocycles. The maximum Gasteiger partial charge on any atom is 0.443 e. The Morgan fingerprint density at radius 3 is 2.59 bits per heavy atom. The van der Waals surface area contributed by atoms with Crippen molar-refractivity contribution in [1.29, 1.82) is 0 Å². The second-order valence-electron chi connectivity index (χ2n) is 6.15. The molecule has 1 saturated carbocycles. The average Bonchev–Trinajstić information content (AvgIpc) is 3.37. The monoisotopic (exact) mass is 398 g/mol. The number of Topliss-reactive ketones (excluding diaryl/α,β-unsaturated/α-hetero) is 1. The average molecular weight is 398 g/mol. The molecular formula is C18H17F3N2O3S. The number of rotatable bonds is 8. The summed E-state index contributed by atoms with van der Waals surface area (Å²) in [6.07, 6.45) is -2.54. The lowest BCUT2D eigenvalue weighted by Gasteiger charge is -2.06. The van der Waals surface area contributed by atoms with E-state index in [1.165, 1.54) is 5.38 Å². The molecule has 1 aromatic heterocycles. The summed E-state index contributed by atoms with van der Waals surface area (Å²) in [5.74, 6) is 0.880. The maximum atomic E-state index is 12.5. The predicted octanol–water partition coefficient (Wildman–Crippen LogP) is 4.46. The molecule has 1 heterocycles. The van der Waals surface area contributed by atoms with Gasteiger partial charge >= 0.3 is 6.18 Å². The summed E-state index contributed by atoms with van der Waals surface area (Å²) in [5, 5.41) is 4.29. The van der Waals surface area contributed by atoms with Crippen molar-refractivity contribution in [2.24, 2.45) is 11.1 Å². The van der Waals surface area contributed by atoms with Crippen molar-refractivity contribution in [2.75, 3.05) is 6.61 Å². The highest BCUT2D eigenvalue weighted by Gasteiger charge is 2.34. The highest BCUT2D eigenvalue weighted by molar-refractivity contribution is 7.09. The van der Waals surface area contributed by atoms with Crippen LogP contribution in [-0.2, 0) is 22.4 Å². The van der Waals surface area contributed by atoms with E-state index in [1.807, 2.05) is 0 Å². The molecule has 0 radical (unpaired) electrons. The minimum atomic E-state index is -4.45. The normalized spacial score (nSPS) is 14.9. The molecule has 1 aliphatic rings. The van der Waals surface area contributed by atoms with Crippen LogP contribution in [0.4, 0.5) is 13.2 Å². The van der Waals surface area contributed by atoms with Gasteiger partial charge in [-0.2, -0.15) is 13.2 Å². The number of hydrogen-bond donors (Lipinski definition) is 0. The second-order valence-corrected chi connectivity index (χ2v) is 7.00. The molecule has 2 aromatic rings. The fourth-order valence-corrected chi connectivity index (χ4v) is 2.89. The summed E-state index contributed by atoms with van der Waals surface area (Å²) in [6, 6.07) is 6.99. The Labute approximate surface area is 157 Å². The van der Waals surface area contributed by atoms with E-state index in [-0.39, 0.29) is 30.6 Å². The number of nitrogens with zero attached hydrogens (tertiary/aromatic N) is 2. The van der Waals surface area contributed by atoms with Crippen LogP contribution >= 0.6 is 11.3 Å². The number of halogens is 3. The molecule has 144 valence electrons. The smallest absolute Gasteiger partial charge is 0.443 e. The van der Waals surface area contributed by atoms with Crippen LogP contribution in [0.1, 0.15) is 36.0 Å². The van der Waals surface area contributed by atoms with Gasteiger partial charge in [-0.05, 0) is 49.6 Å². The molecular weight excluding hydrogens is 381 g/mol. The summed E-state index contributed by atoms with van der Waals surface area (Å²) in [6.45, 7) is 1.65. The molecule has 3 rings (SSSR count). The standard InChI is InChI=1S/C18H17F3N2O3S/c1-11(23-26-8-14-10-27-17(22-14)18(19,20)21)12-4-6-15(7-5-12)25-9-16(24)13-2-3-13/h4-7,10,13H,2-3,8-9H2,1H3. The molecule has 0 saturated heterocycles. The quantitative estimate of drug-likeness (QED) is 0.487. The van der Waals surface area contributed by atoms with E-state index in [0.29, 0.717) is 22.8 Å². The van der Waals surface area contributed by atoms with Crippen LogP contribution in [0.5, 0.6) is 5.75 Å². The van der Waals surface area contributed by atoms with Crippen LogP contribution in [0.3, 0.4) is 0 Å². The van der Waals surface area contributed by atoms with Gasteiger partial charge in [-0.25, -0.2) is 4.98 Å². The first-order valence-corrected chi connectivity index (χ1v) is 9.15. The first kappa shape index (κ1) is 19.3. The number of alkyl halides is 3. The number of hydrogen-bond acceptors (Lipinski definition) is 6. The molecule has 0 bridgehead atoms. The molecule has 0 amide bonds. The van der Waals surface area contributed by atoms with Crippen LogP contribution < -0.4 is 4.74 Å². The number of oxime groups is 1. The summed E-state index contributed by atoms with van der Waals surface area (Å²) in [5.41, 5.74) is 1.50. The number of thiazole rings is 1. The van der Waals surface area contributed by atoms with E-state index in [1.54, 1.807) is 31.2 Å². The van der Waals surface area contributed by atoms with E-state index in [9.17, 15) is 18.0 Å². The second kappa shape index (κ2) is 8.08. The van der Waals surface area contributed by atoms with Gasteiger partial charge in [-0.1, -0.05) is 5.16 Å². The van der Waals surface area contributed by atoms with Gasteiger partial charge in [0.2, 0.25) is 0 Å². The van der Waals surface area contributed by atoms with E-state index in [4.69, 9.17) is 9.57 Å². The molecule has 9 heteroatoms. The lowest BCUT2D eigenvalue weighted by molar-refractivity contribution is -0.137. The highest BCUT2D eigenvalue weighted by atomic mass is 32.1. The first-order valence-electron chi connectivity index (χ1n) is 8.27. The molecule has 0 spiro atoms. The fraction of sp³-hybridized carbons (Fsp3) is 0.389. The van der Waals surface area contributed by atoms with Crippen molar-refractivity contribution < 1.29 is 27.5 Å². The Morgan fingerprint density at radius 1 is 1.30 bits per heavy atom. The Morgan fingerprint density at radius 2 is 2.00 bits per heavy atom. The molecule has 0 unspecified atom stereocenters. The van der Waals surface area contributed by atoms with Gasteiger partial charge in [-0.3, -0.25) is 4.79 Å². The minimum absolute atomic E-state index is 0.0771. The van der Waals surface area contributed by atoms with Crippen molar-refractivity contribution in [3.05, 3.63) is 45.9 Å². The SMILES string of the molecule is CC(=NOCc1csc(C(F)(F)F)n1)c1ccc(OCC(=O)C2CC2)cc1. The summed E-state index contributed by atoms with van der Waals surface area (Å²) in [7, 11) is 0. The first-order chi connectivity index (χ1) is 12.8. The largest absolute Gasteiger partial charge is 0.486 e. The van der Waals surface area contributed by atoms with Crippen molar-refractivity contribution in [1.82, 2.24) is 4.98 Å². The zero-order valence-corrected chi connectivity index (χ0v) is 15.3. The maximum absolute atomic E-state index is 12.5. The van der Waals surface area contributed by atoms with Crippen LogP contribution in [0.2, 0.25) is 0 Å². The summed E-state index contributed by atoms with van der Waals surface area (Å²) >= 11 is 0.523. The van der Waals surface area contributed by atoms with Crippen molar-refractivity contribution in [2.45, 2.75) is 32.5 Å². The van der Waals surface area contributed by atoms with E-state index in [2.05, 4.69) is 10.1 Å². The Hall–Kier alpha value is -2.42. The third-order valence-electron chi connectivity index (χ3n) is 3.89. The number of benzene rings is 1. The zero-order chi connectivity index (χ0) is 19.4. The number of ether oxygens (including phenoxy) is 1. The molecule has 0 aliphatic heterocycles. The van der Waals surface area contributed by atoms with E-state index >= 15 is 0 Å². The molecule has 1 fully saturated rings. The Kier molecular flexibility index (Phi) is 5.79. The van der Waals surface area contributed by atoms with Crippen LogP contribution in [-0.4, -0.2) is 23.1 Å². The number of ketones is 1. The number of carbonyl (C=O) groups excluding carboxylic acids is 1. The lowest BCUT2D eigenvalue weighted by Crippen LogP contribution is -2.12. The van der Waals surface area contributed by atoms with Gasteiger partial charge in [0.15, 0.2) is 17.4 Å². The number of carbonyl (C=O) groups is 1.